The van der Waals surface area contributed by atoms with Crippen LogP contribution < -0.4 is 0 Å². The van der Waals surface area contributed by atoms with Crippen molar-refractivity contribution >= 4 is 41.1 Å². The fraction of sp³-hybridized carbons (Fsp3) is 0.500. The Kier molecular flexibility index (Phi) is 6.65. The molecule has 0 aliphatic heterocycles. The summed E-state index contributed by atoms with van der Waals surface area (Å²) >= 11 is 0. The standard InChI is InChI=1S/C4H6O2.Na/c1-3(5)4(2)6;/h1-2H3;. The smallest absolute Gasteiger partial charge is 0.195 e. The maximum atomic E-state index is 9.79. The van der Waals surface area contributed by atoms with Crippen molar-refractivity contribution in [3.8, 4) is 0 Å². The molecule has 0 saturated heterocycles. The molecule has 0 aliphatic rings. The molecule has 0 bridgehead atoms. The summed E-state index contributed by atoms with van der Waals surface area (Å²) in [5.74, 6) is -0.759. The van der Waals surface area contributed by atoms with Crippen molar-refractivity contribution in [2.45, 2.75) is 13.8 Å². The number of hydrogen-bond donors (Lipinski definition) is 0. The Morgan fingerprint density at radius 2 is 1.14 bits per heavy atom. The van der Waals surface area contributed by atoms with Crippen LogP contribution in [0, 0.1) is 0 Å². The average Bonchev–Trinajstić information content (AvgIpc) is 1.36. The maximum Gasteiger partial charge on any atom is 0.195 e. The van der Waals surface area contributed by atoms with Gasteiger partial charge in [0.05, 0.1) is 0 Å². The minimum absolute atomic E-state index is 0. The van der Waals surface area contributed by atoms with Crippen LogP contribution in [0.3, 0.4) is 0 Å². The third kappa shape index (κ3) is 6.34. The molecule has 0 heterocycles. The van der Waals surface area contributed by atoms with Crippen molar-refractivity contribution in [1.29, 1.82) is 0 Å². The van der Waals surface area contributed by atoms with Gasteiger partial charge >= 0.3 is 0 Å². The second-order valence-electron chi connectivity index (χ2n) is 1.11. The minimum Gasteiger partial charge on any atom is -0.291 e. The fourth-order valence-corrected chi connectivity index (χ4v) is 0. The SMILES string of the molecule is CC(=O)C(C)=O.[Na]. The Morgan fingerprint density at radius 3 is 1.14 bits per heavy atom. The Balaban J connectivity index is 0. The zero-order valence-electron chi connectivity index (χ0n) is 4.82. The average molecular weight is 109 g/mol. The van der Waals surface area contributed by atoms with Crippen LogP contribution in [-0.4, -0.2) is 41.1 Å². The second kappa shape index (κ2) is 4.50. The first-order valence-electron chi connectivity index (χ1n) is 1.66. The quantitative estimate of drug-likeness (QED) is 0.344. The minimum atomic E-state index is -0.380. The molecule has 0 spiro atoms. The molecule has 0 aromatic heterocycles. The van der Waals surface area contributed by atoms with Crippen LogP contribution in [0.4, 0.5) is 0 Å². The summed E-state index contributed by atoms with van der Waals surface area (Å²) < 4.78 is 0. The van der Waals surface area contributed by atoms with Crippen LogP contribution in [0.2, 0.25) is 0 Å². The van der Waals surface area contributed by atoms with Crippen LogP contribution >= 0.6 is 0 Å². The summed E-state index contributed by atoms with van der Waals surface area (Å²) in [5, 5.41) is 0. The van der Waals surface area contributed by atoms with Gasteiger partial charge in [-0.3, -0.25) is 9.59 Å². The first kappa shape index (κ1) is 10.3. The van der Waals surface area contributed by atoms with Crippen molar-refractivity contribution in [2.75, 3.05) is 0 Å². The van der Waals surface area contributed by atoms with E-state index in [1.54, 1.807) is 0 Å². The van der Waals surface area contributed by atoms with Gasteiger partial charge in [-0.15, -0.1) is 0 Å². The monoisotopic (exact) mass is 109 g/mol. The van der Waals surface area contributed by atoms with E-state index in [1.807, 2.05) is 0 Å². The molecule has 1 radical (unpaired) electrons. The van der Waals surface area contributed by atoms with Crippen LogP contribution in [0.25, 0.3) is 0 Å². The number of carbonyl (C=O) groups is 2. The Bertz CT molecular complexity index is 75.7. The van der Waals surface area contributed by atoms with Gasteiger partial charge in [0, 0.05) is 43.4 Å². The molecule has 0 saturated carbocycles. The molecule has 0 aliphatic carbocycles. The normalized spacial score (nSPS) is 6.57. The van der Waals surface area contributed by atoms with E-state index in [1.165, 1.54) is 13.8 Å². The van der Waals surface area contributed by atoms with Gasteiger partial charge in [-0.05, 0) is 0 Å². The Hall–Kier alpha value is 0.340. The predicted molar refractivity (Wildman–Crippen MR) is 27.1 cm³/mol. The van der Waals surface area contributed by atoms with Crippen molar-refractivity contribution in [3.63, 3.8) is 0 Å². The summed E-state index contributed by atoms with van der Waals surface area (Å²) in [7, 11) is 0. The first-order chi connectivity index (χ1) is 2.64. The summed E-state index contributed by atoms with van der Waals surface area (Å²) in [6.07, 6.45) is 0. The summed E-state index contributed by atoms with van der Waals surface area (Å²) in [5.41, 5.74) is 0. The maximum absolute atomic E-state index is 9.79. The second-order valence-corrected chi connectivity index (χ2v) is 1.11. The van der Waals surface area contributed by atoms with Gasteiger partial charge in [0.1, 0.15) is 0 Å². The molecule has 0 aromatic carbocycles. The van der Waals surface area contributed by atoms with Crippen LogP contribution in [0.15, 0.2) is 0 Å². The van der Waals surface area contributed by atoms with Crippen LogP contribution in [0.5, 0.6) is 0 Å². The van der Waals surface area contributed by atoms with Crippen molar-refractivity contribution in [1.82, 2.24) is 0 Å². The number of hydrogen-bond acceptors (Lipinski definition) is 2. The van der Waals surface area contributed by atoms with Gasteiger partial charge in [0.15, 0.2) is 11.6 Å². The van der Waals surface area contributed by atoms with Gasteiger partial charge in [0.2, 0.25) is 0 Å². The molecule has 7 heavy (non-hydrogen) atoms. The fourth-order valence-electron chi connectivity index (χ4n) is 0. The third-order valence-corrected chi connectivity index (χ3v) is 0.496. The molecule has 0 atom stereocenters. The number of ketones is 2. The van der Waals surface area contributed by atoms with E-state index in [2.05, 4.69) is 0 Å². The van der Waals surface area contributed by atoms with Gasteiger partial charge in [0.25, 0.3) is 0 Å². The van der Waals surface area contributed by atoms with E-state index in [-0.39, 0.29) is 41.1 Å². The Morgan fingerprint density at radius 1 is 1.00 bits per heavy atom. The summed E-state index contributed by atoms with van der Waals surface area (Å²) in [6, 6.07) is 0. The van der Waals surface area contributed by atoms with Crippen molar-refractivity contribution in [3.05, 3.63) is 0 Å². The molecule has 0 fully saturated rings. The topological polar surface area (TPSA) is 34.1 Å². The van der Waals surface area contributed by atoms with E-state index in [0.717, 1.165) is 0 Å². The Labute approximate surface area is 64.6 Å². The van der Waals surface area contributed by atoms with Crippen molar-refractivity contribution < 1.29 is 9.59 Å². The molecule has 0 unspecified atom stereocenters. The molecule has 0 N–H and O–H groups in total. The van der Waals surface area contributed by atoms with E-state index < -0.39 is 0 Å². The molecule has 0 amide bonds. The van der Waals surface area contributed by atoms with Crippen LogP contribution in [0.1, 0.15) is 13.8 Å². The number of carbonyl (C=O) groups excluding carboxylic acids is 2. The van der Waals surface area contributed by atoms with Gasteiger partial charge in [-0.2, -0.15) is 0 Å². The summed E-state index contributed by atoms with van der Waals surface area (Å²) in [6.45, 7) is 2.50. The molecule has 3 heteroatoms. The predicted octanol–water partition coefficient (Wildman–Crippen LogP) is -0.216. The number of rotatable bonds is 1. The summed E-state index contributed by atoms with van der Waals surface area (Å²) in [4.78, 5) is 19.6. The molecular weight excluding hydrogens is 103 g/mol. The zero-order valence-corrected chi connectivity index (χ0v) is 6.82. The van der Waals surface area contributed by atoms with E-state index in [0.29, 0.717) is 0 Å². The largest absolute Gasteiger partial charge is 0.291 e. The van der Waals surface area contributed by atoms with E-state index in [9.17, 15) is 9.59 Å². The van der Waals surface area contributed by atoms with E-state index >= 15 is 0 Å². The molecule has 2 nitrogen and oxygen atoms in total. The van der Waals surface area contributed by atoms with Gasteiger partial charge < -0.3 is 0 Å². The van der Waals surface area contributed by atoms with Crippen molar-refractivity contribution in [2.24, 2.45) is 0 Å². The molecule has 35 valence electrons. The first-order valence-corrected chi connectivity index (χ1v) is 1.66. The molecular formula is C4H6NaO2. The molecule has 0 aromatic rings. The number of Topliss-reactive ketones (excluding diaryl/α,β-unsaturated/α-hetero) is 2. The van der Waals surface area contributed by atoms with Gasteiger partial charge in [-0.1, -0.05) is 0 Å². The van der Waals surface area contributed by atoms with Crippen LogP contribution in [-0.2, 0) is 9.59 Å². The molecule has 0 rings (SSSR count). The van der Waals surface area contributed by atoms with E-state index in [4.69, 9.17) is 0 Å². The van der Waals surface area contributed by atoms with Gasteiger partial charge in [-0.25, -0.2) is 0 Å². The third-order valence-electron chi connectivity index (χ3n) is 0.496. The zero-order chi connectivity index (χ0) is 5.15.